The van der Waals surface area contributed by atoms with E-state index < -0.39 is 0 Å². The summed E-state index contributed by atoms with van der Waals surface area (Å²) in [5, 5.41) is 4.89. The van der Waals surface area contributed by atoms with E-state index in [2.05, 4.69) is 238 Å². The zero-order chi connectivity index (χ0) is 37.7. The van der Waals surface area contributed by atoms with E-state index >= 15 is 0 Å². The summed E-state index contributed by atoms with van der Waals surface area (Å²) in [7, 11) is 0. The molecule has 0 atom stereocenters. The Morgan fingerprint density at radius 2 is 0.579 bits per heavy atom. The van der Waals surface area contributed by atoms with Gasteiger partial charge in [-0.15, -0.1) is 0 Å². The van der Waals surface area contributed by atoms with Crippen LogP contribution in [0, 0.1) is 0 Å². The fraction of sp³-hybridized carbons (Fsp3) is 0. The topological polar surface area (TPSA) is 13.1 Å². The van der Waals surface area contributed by atoms with Crippen LogP contribution >= 0.6 is 0 Å². The van der Waals surface area contributed by atoms with Crippen LogP contribution in [0.1, 0.15) is 0 Å². The minimum atomic E-state index is 1.09. The van der Waals surface area contributed by atoms with Gasteiger partial charge in [0.1, 0.15) is 0 Å². The van der Waals surface area contributed by atoms with Gasteiger partial charge in [0.25, 0.3) is 0 Å². The van der Waals surface area contributed by atoms with Crippen LogP contribution in [0.15, 0.2) is 224 Å². The first-order valence-electron chi connectivity index (χ1n) is 19.5. The molecule has 0 N–H and O–H groups in total. The third-order valence-corrected chi connectivity index (χ3v) is 11.3. The van der Waals surface area contributed by atoms with E-state index in [0.717, 1.165) is 28.4 Å². The smallest absolute Gasteiger partial charge is 0.0542 e. The summed E-state index contributed by atoms with van der Waals surface area (Å²) in [6, 6.07) is 81.1. The lowest BCUT2D eigenvalue weighted by molar-refractivity contribution is 1.18. The molecule has 0 spiro atoms. The van der Waals surface area contributed by atoms with Gasteiger partial charge in [-0.3, -0.25) is 0 Å². The summed E-state index contributed by atoms with van der Waals surface area (Å²) in [6.07, 6.45) is 0. The SMILES string of the molecule is c1ccc(-c2ccc(-c3ccc(N(c4ccc5c(c4)c4ccccc4n5-c4ccccc4)c4ccc5c(c4)c4ccccc4n5-c4ccccc4)cc3)cc2)cc1. The summed E-state index contributed by atoms with van der Waals surface area (Å²) in [6.45, 7) is 0. The molecule has 0 aliphatic heterocycles. The minimum Gasteiger partial charge on any atom is -0.310 e. The van der Waals surface area contributed by atoms with Crippen molar-refractivity contribution in [3.63, 3.8) is 0 Å². The Morgan fingerprint density at radius 3 is 1.04 bits per heavy atom. The van der Waals surface area contributed by atoms with Crippen molar-refractivity contribution >= 4 is 60.7 Å². The Labute approximate surface area is 331 Å². The molecule has 0 amide bonds. The standard InChI is InChI=1S/C54H37N3/c1-4-14-38(15-5-1)39-24-26-40(27-25-39)41-28-30-44(31-29-41)55(45-32-34-53-49(36-45)47-20-10-12-22-51(47)56(53)42-16-6-2-7-17-42)46-33-35-54-50(37-46)48-21-11-13-23-52(48)57(54)43-18-8-3-9-19-43/h1-37H. The number of aromatic nitrogens is 2. The molecule has 2 heterocycles. The highest BCUT2D eigenvalue weighted by Crippen LogP contribution is 2.43. The fourth-order valence-corrected chi connectivity index (χ4v) is 8.65. The van der Waals surface area contributed by atoms with E-state index in [1.165, 1.54) is 65.9 Å². The molecule has 3 nitrogen and oxygen atoms in total. The van der Waals surface area contributed by atoms with Crippen molar-refractivity contribution in [2.24, 2.45) is 0 Å². The molecule has 9 aromatic carbocycles. The molecule has 0 unspecified atom stereocenters. The van der Waals surface area contributed by atoms with Crippen LogP contribution in [0.4, 0.5) is 17.1 Å². The average molecular weight is 728 g/mol. The maximum absolute atomic E-state index is 2.41. The summed E-state index contributed by atoms with van der Waals surface area (Å²) < 4.78 is 4.75. The molecule has 0 saturated heterocycles. The first-order valence-corrected chi connectivity index (χ1v) is 19.5. The number of rotatable bonds is 7. The van der Waals surface area contributed by atoms with Gasteiger partial charge in [0.05, 0.1) is 22.1 Å². The van der Waals surface area contributed by atoms with Gasteiger partial charge in [-0.1, -0.05) is 140 Å². The van der Waals surface area contributed by atoms with Gasteiger partial charge in [0.2, 0.25) is 0 Å². The van der Waals surface area contributed by atoms with E-state index in [1.54, 1.807) is 0 Å². The monoisotopic (exact) mass is 727 g/mol. The van der Waals surface area contributed by atoms with E-state index in [1.807, 2.05) is 0 Å². The second-order valence-electron chi connectivity index (χ2n) is 14.6. The Balaban J connectivity index is 1.08. The van der Waals surface area contributed by atoms with E-state index in [4.69, 9.17) is 0 Å². The summed E-state index contributed by atoms with van der Waals surface area (Å²) >= 11 is 0. The summed E-state index contributed by atoms with van der Waals surface area (Å²) in [5.41, 5.74) is 15.2. The molecule has 11 aromatic rings. The van der Waals surface area contributed by atoms with Crippen LogP contribution in [0.5, 0.6) is 0 Å². The maximum Gasteiger partial charge on any atom is 0.0542 e. The zero-order valence-corrected chi connectivity index (χ0v) is 31.2. The number of nitrogens with zero attached hydrogens (tertiary/aromatic N) is 3. The highest BCUT2D eigenvalue weighted by molar-refractivity contribution is 6.12. The number of anilines is 3. The van der Waals surface area contributed by atoms with Gasteiger partial charge >= 0.3 is 0 Å². The normalized spacial score (nSPS) is 11.5. The molecule has 0 saturated carbocycles. The highest BCUT2D eigenvalue weighted by Gasteiger charge is 2.20. The fourth-order valence-electron chi connectivity index (χ4n) is 8.65. The summed E-state index contributed by atoms with van der Waals surface area (Å²) in [4.78, 5) is 2.41. The Hall–Kier alpha value is -7.62. The van der Waals surface area contributed by atoms with E-state index in [0.29, 0.717) is 0 Å². The summed E-state index contributed by atoms with van der Waals surface area (Å²) in [5.74, 6) is 0. The van der Waals surface area contributed by atoms with E-state index in [9.17, 15) is 0 Å². The molecule has 11 rings (SSSR count). The number of fused-ring (bicyclic) bond motifs is 6. The molecule has 0 aliphatic rings. The molecular formula is C54H37N3. The quantitative estimate of drug-likeness (QED) is 0.159. The largest absolute Gasteiger partial charge is 0.310 e. The predicted octanol–water partition coefficient (Wildman–Crippen LogP) is 14.7. The van der Waals surface area contributed by atoms with Crippen molar-refractivity contribution in [1.82, 2.24) is 9.13 Å². The lowest BCUT2D eigenvalue weighted by Crippen LogP contribution is -2.10. The van der Waals surface area contributed by atoms with Gasteiger partial charge in [0.15, 0.2) is 0 Å². The second kappa shape index (κ2) is 13.6. The van der Waals surface area contributed by atoms with Gasteiger partial charge in [0, 0.05) is 50.0 Å². The molecule has 0 radical (unpaired) electrons. The van der Waals surface area contributed by atoms with E-state index in [-0.39, 0.29) is 0 Å². The zero-order valence-electron chi connectivity index (χ0n) is 31.2. The van der Waals surface area contributed by atoms with Gasteiger partial charge in [-0.05, 0) is 107 Å². The van der Waals surface area contributed by atoms with Crippen LogP contribution in [0.25, 0.3) is 77.2 Å². The van der Waals surface area contributed by atoms with Gasteiger partial charge in [-0.2, -0.15) is 0 Å². The third-order valence-electron chi connectivity index (χ3n) is 11.3. The van der Waals surface area contributed by atoms with Gasteiger partial charge < -0.3 is 14.0 Å². The number of para-hydroxylation sites is 4. The van der Waals surface area contributed by atoms with Crippen molar-refractivity contribution < 1.29 is 0 Å². The first-order chi connectivity index (χ1) is 28.3. The Bertz CT molecular complexity index is 3040. The van der Waals surface area contributed by atoms with Crippen molar-refractivity contribution in [2.75, 3.05) is 4.90 Å². The molecule has 0 fully saturated rings. The van der Waals surface area contributed by atoms with Crippen LogP contribution in [-0.4, -0.2) is 9.13 Å². The second-order valence-corrected chi connectivity index (χ2v) is 14.6. The Morgan fingerprint density at radius 1 is 0.246 bits per heavy atom. The number of hydrogen-bond donors (Lipinski definition) is 0. The molecule has 57 heavy (non-hydrogen) atoms. The predicted molar refractivity (Wildman–Crippen MR) is 241 cm³/mol. The van der Waals surface area contributed by atoms with Crippen molar-refractivity contribution in [3.8, 4) is 33.6 Å². The minimum absolute atomic E-state index is 1.09. The molecule has 2 aromatic heterocycles. The van der Waals surface area contributed by atoms with Crippen LogP contribution in [0.2, 0.25) is 0 Å². The van der Waals surface area contributed by atoms with Crippen molar-refractivity contribution in [1.29, 1.82) is 0 Å². The highest BCUT2D eigenvalue weighted by atomic mass is 15.1. The van der Waals surface area contributed by atoms with Crippen molar-refractivity contribution in [3.05, 3.63) is 224 Å². The van der Waals surface area contributed by atoms with Crippen molar-refractivity contribution in [2.45, 2.75) is 0 Å². The first kappa shape index (κ1) is 32.8. The molecule has 268 valence electrons. The van der Waals surface area contributed by atoms with Crippen LogP contribution in [0.3, 0.4) is 0 Å². The lowest BCUT2D eigenvalue weighted by atomic mass is 10.00. The molecule has 3 heteroatoms. The number of benzene rings is 9. The maximum atomic E-state index is 2.41. The van der Waals surface area contributed by atoms with Crippen LogP contribution < -0.4 is 4.90 Å². The Kier molecular flexibility index (Phi) is 7.82. The molecule has 0 bridgehead atoms. The number of hydrogen-bond acceptors (Lipinski definition) is 1. The third kappa shape index (κ3) is 5.60. The van der Waals surface area contributed by atoms with Gasteiger partial charge in [-0.25, -0.2) is 0 Å². The molecule has 0 aliphatic carbocycles. The van der Waals surface area contributed by atoms with Crippen LogP contribution in [-0.2, 0) is 0 Å². The lowest BCUT2D eigenvalue weighted by Gasteiger charge is -2.26. The average Bonchev–Trinajstić information content (AvgIpc) is 3.80. The molecular weight excluding hydrogens is 691 g/mol.